The van der Waals surface area contributed by atoms with Gasteiger partial charge < -0.3 is 30.0 Å². The fourth-order valence-corrected chi connectivity index (χ4v) is 3.23. The van der Waals surface area contributed by atoms with Gasteiger partial charge in [-0.2, -0.15) is 0 Å². The first-order chi connectivity index (χ1) is 13.7. The molecule has 0 radical (unpaired) electrons. The summed E-state index contributed by atoms with van der Waals surface area (Å²) in [5.41, 5.74) is 1.11. The number of halogens is 1. The van der Waals surface area contributed by atoms with E-state index >= 15 is 0 Å². The van der Waals surface area contributed by atoms with Crippen molar-refractivity contribution in [2.24, 2.45) is 4.99 Å². The van der Waals surface area contributed by atoms with Gasteiger partial charge in [0.25, 0.3) is 5.91 Å². The minimum Gasteiger partial charge on any atom is -0.495 e. The highest BCUT2D eigenvalue weighted by Crippen LogP contribution is 2.30. The molecule has 0 aliphatic carbocycles. The molecule has 29 heavy (non-hydrogen) atoms. The number of anilines is 1. The maximum Gasteiger partial charge on any atom is 0.287 e. The molecule has 1 amide bonds. The monoisotopic (exact) mass is 513 g/mol. The van der Waals surface area contributed by atoms with E-state index in [4.69, 9.17) is 9.15 Å². The second-order valence-corrected chi connectivity index (χ2v) is 6.48. The molecule has 2 heterocycles. The van der Waals surface area contributed by atoms with Gasteiger partial charge in [-0.15, -0.1) is 24.0 Å². The molecule has 0 saturated carbocycles. The Morgan fingerprint density at radius 2 is 2.03 bits per heavy atom. The Morgan fingerprint density at radius 1 is 1.24 bits per heavy atom. The summed E-state index contributed by atoms with van der Waals surface area (Å²) in [6, 6.07) is 11.7. The minimum atomic E-state index is -0.224. The summed E-state index contributed by atoms with van der Waals surface area (Å²) < 4.78 is 10.5. The molecule has 1 aromatic carbocycles. The summed E-state index contributed by atoms with van der Waals surface area (Å²) in [4.78, 5) is 18.4. The first-order valence-corrected chi connectivity index (χ1v) is 9.38. The Kier molecular flexibility index (Phi) is 9.10. The van der Waals surface area contributed by atoms with Gasteiger partial charge in [0.2, 0.25) is 0 Å². The van der Waals surface area contributed by atoms with E-state index in [9.17, 15) is 4.79 Å². The normalized spacial score (nSPS) is 16.1. The molecule has 0 spiro atoms. The minimum absolute atomic E-state index is 0. The number of amides is 1. The number of carbonyl (C=O) groups is 1. The molecule has 1 aliphatic heterocycles. The fraction of sp³-hybridized carbons (Fsp3) is 0.400. The summed E-state index contributed by atoms with van der Waals surface area (Å²) >= 11 is 0. The zero-order valence-corrected chi connectivity index (χ0v) is 19.0. The molecule has 1 fully saturated rings. The van der Waals surface area contributed by atoms with E-state index in [1.807, 2.05) is 18.2 Å². The number of guanidine groups is 1. The molecule has 1 saturated heterocycles. The maximum atomic E-state index is 11.8. The number of hydrogen-bond acceptors (Lipinski definition) is 5. The summed E-state index contributed by atoms with van der Waals surface area (Å²) in [6.45, 7) is 2.86. The molecule has 3 rings (SSSR count). The first kappa shape index (κ1) is 22.9. The fourth-order valence-electron chi connectivity index (χ4n) is 3.23. The number of hydrogen-bond donors (Lipinski definition) is 3. The van der Waals surface area contributed by atoms with Crippen molar-refractivity contribution in [1.29, 1.82) is 0 Å². The van der Waals surface area contributed by atoms with Crippen LogP contribution in [-0.2, 0) is 0 Å². The van der Waals surface area contributed by atoms with E-state index in [1.54, 1.807) is 26.3 Å². The zero-order chi connectivity index (χ0) is 19.8. The molecule has 1 aliphatic rings. The molecule has 8 nitrogen and oxygen atoms in total. The molecule has 1 atom stereocenters. The van der Waals surface area contributed by atoms with Gasteiger partial charge >= 0.3 is 0 Å². The lowest BCUT2D eigenvalue weighted by Gasteiger charge is -2.22. The van der Waals surface area contributed by atoms with Gasteiger partial charge in [0, 0.05) is 39.3 Å². The largest absolute Gasteiger partial charge is 0.495 e. The van der Waals surface area contributed by atoms with Crippen LogP contribution in [0.4, 0.5) is 5.69 Å². The number of ether oxygens (including phenoxy) is 1. The van der Waals surface area contributed by atoms with Gasteiger partial charge in [0.15, 0.2) is 11.7 Å². The van der Waals surface area contributed by atoms with E-state index < -0.39 is 0 Å². The van der Waals surface area contributed by atoms with Gasteiger partial charge in [0.1, 0.15) is 5.75 Å². The van der Waals surface area contributed by atoms with Crippen LogP contribution in [0.15, 0.2) is 52.1 Å². The van der Waals surface area contributed by atoms with Crippen molar-refractivity contribution in [3.05, 3.63) is 48.4 Å². The first-order valence-electron chi connectivity index (χ1n) is 9.38. The quantitative estimate of drug-likeness (QED) is 0.228. The number of para-hydroxylation sites is 2. The number of nitrogens with one attached hydrogen (secondary N) is 3. The van der Waals surface area contributed by atoms with Crippen molar-refractivity contribution in [3.63, 3.8) is 0 Å². The molecule has 158 valence electrons. The Bertz CT molecular complexity index is 797. The third-order valence-electron chi connectivity index (χ3n) is 4.63. The highest BCUT2D eigenvalue weighted by molar-refractivity contribution is 14.0. The van der Waals surface area contributed by atoms with Crippen molar-refractivity contribution in [2.75, 3.05) is 45.2 Å². The number of aliphatic imine (C=N–C) groups is 1. The van der Waals surface area contributed by atoms with Crippen LogP contribution in [0.3, 0.4) is 0 Å². The Balaban J connectivity index is 0.00000300. The van der Waals surface area contributed by atoms with Gasteiger partial charge in [0.05, 0.1) is 19.1 Å². The third kappa shape index (κ3) is 6.28. The molecule has 0 bridgehead atoms. The highest BCUT2D eigenvalue weighted by atomic mass is 127. The lowest BCUT2D eigenvalue weighted by atomic mass is 10.2. The van der Waals surface area contributed by atoms with Crippen LogP contribution in [0.1, 0.15) is 17.0 Å². The van der Waals surface area contributed by atoms with Crippen molar-refractivity contribution < 1.29 is 13.9 Å². The predicted octanol–water partition coefficient (Wildman–Crippen LogP) is 2.08. The third-order valence-corrected chi connectivity index (χ3v) is 4.63. The topological polar surface area (TPSA) is 91.1 Å². The van der Waals surface area contributed by atoms with Gasteiger partial charge in [-0.25, -0.2) is 0 Å². The SMILES string of the molecule is CN=C(NCCNC(=O)c1ccco1)NC1CCN(c2ccccc2OC)C1.I. The van der Waals surface area contributed by atoms with Crippen LogP contribution in [0.2, 0.25) is 0 Å². The number of carbonyl (C=O) groups excluding carboxylic acids is 1. The van der Waals surface area contributed by atoms with Gasteiger partial charge in [-0.3, -0.25) is 9.79 Å². The van der Waals surface area contributed by atoms with Crippen LogP contribution in [0.25, 0.3) is 0 Å². The second-order valence-electron chi connectivity index (χ2n) is 6.48. The van der Waals surface area contributed by atoms with E-state index in [-0.39, 0.29) is 35.9 Å². The van der Waals surface area contributed by atoms with Crippen LogP contribution < -0.4 is 25.6 Å². The van der Waals surface area contributed by atoms with Crippen molar-refractivity contribution >= 4 is 41.5 Å². The number of nitrogens with zero attached hydrogens (tertiary/aromatic N) is 2. The van der Waals surface area contributed by atoms with E-state index in [2.05, 4.69) is 31.9 Å². The summed E-state index contributed by atoms with van der Waals surface area (Å²) in [7, 11) is 3.44. The average Bonchev–Trinajstić information content (AvgIpc) is 3.42. The lowest BCUT2D eigenvalue weighted by molar-refractivity contribution is 0.0926. The summed E-state index contributed by atoms with van der Waals surface area (Å²) in [5.74, 6) is 1.69. The standard InChI is InChI=1S/C20H27N5O3.HI/c1-21-20(23-11-10-22-19(26)18-8-5-13-28-18)24-15-9-12-25(14-15)16-6-3-4-7-17(16)27-2;/h3-8,13,15H,9-12,14H2,1-2H3,(H,22,26)(H2,21,23,24);1H. The number of methoxy groups -OCH3 is 1. The Morgan fingerprint density at radius 3 is 2.76 bits per heavy atom. The number of rotatable bonds is 7. The Labute approximate surface area is 188 Å². The van der Waals surface area contributed by atoms with E-state index in [0.717, 1.165) is 36.9 Å². The van der Waals surface area contributed by atoms with Gasteiger partial charge in [-0.05, 0) is 30.7 Å². The zero-order valence-electron chi connectivity index (χ0n) is 16.7. The van der Waals surface area contributed by atoms with E-state index in [0.29, 0.717) is 18.8 Å². The molecule has 1 aromatic heterocycles. The van der Waals surface area contributed by atoms with Crippen molar-refractivity contribution in [1.82, 2.24) is 16.0 Å². The average molecular weight is 513 g/mol. The van der Waals surface area contributed by atoms with Crippen LogP contribution in [0, 0.1) is 0 Å². The van der Waals surface area contributed by atoms with Crippen LogP contribution in [-0.4, -0.2) is 58.2 Å². The number of furan rings is 1. The molecular weight excluding hydrogens is 485 g/mol. The van der Waals surface area contributed by atoms with Crippen LogP contribution >= 0.6 is 24.0 Å². The van der Waals surface area contributed by atoms with Crippen LogP contribution in [0.5, 0.6) is 5.75 Å². The highest BCUT2D eigenvalue weighted by Gasteiger charge is 2.25. The molecular formula is C20H28IN5O3. The van der Waals surface area contributed by atoms with E-state index in [1.165, 1.54) is 6.26 Å². The predicted molar refractivity (Wildman–Crippen MR) is 125 cm³/mol. The number of benzene rings is 1. The maximum absolute atomic E-state index is 11.8. The molecule has 2 aromatic rings. The summed E-state index contributed by atoms with van der Waals surface area (Å²) in [6.07, 6.45) is 2.49. The molecule has 3 N–H and O–H groups in total. The second kappa shape index (κ2) is 11.5. The van der Waals surface area contributed by atoms with Gasteiger partial charge in [-0.1, -0.05) is 12.1 Å². The van der Waals surface area contributed by atoms with Crippen molar-refractivity contribution in [3.8, 4) is 5.75 Å². The Hall–Kier alpha value is -2.43. The van der Waals surface area contributed by atoms with Crippen molar-refractivity contribution in [2.45, 2.75) is 12.5 Å². The lowest BCUT2D eigenvalue weighted by Crippen LogP contribution is -2.46. The molecule has 9 heteroatoms. The summed E-state index contributed by atoms with van der Waals surface area (Å²) in [5, 5.41) is 9.47. The smallest absolute Gasteiger partial charge is 0.287 e. The molecule has 1 unspecified atom stereocenters.